The third kappa shape index (κ3) is 1.01. The molecule has 0 aromatic rings. The molecule has 2 atom stereocenters. The van der Waals surface area contributed by atoms with Gasteiger partial charge in [-0.2, -0.15) is 0 Å². The minimum Gasteiger partial charge on any atom is -0.384 e. The summed E-state index contributed by atoms with van der Waals surface area (Å²) >= 11 is 0. The van der Waals surface area contributed by atoms with Gasteiger partial charge in [-0.15, -0.1) is 0 Å². The lowest BCUT2D eigenvalue weighted by molar-refractivity contribution is 0.175. The normalized spacial score (nSPS) is 37.7. The van der Waals surface area contributed by atoms with Crippen molar-refractivity contribution in [2.75, 3.05) is 6.61 Å². The average molecular weight is 190 g/mol. The molecular formula is C13H18O. The van der Waals surface area contributed by atoms with Crippen molar-refractivity contribution >= 4 is 0 Å². The van der Waals surface area contributed by atoms with Gasteiger partial charge in [0.2, 0.25) is 0 Å². The van der Waals surface area contributed by atoms with Gasteiger partial charge in [0.25, 0.3) is 0 Å². The summed E-state index contributed by atoms with van der Waals surface area (Å²) in [5.74, 6) is 6.59. The molecule has 1 nitrogen and oxygen atoms in total. The molecule has 0 spiro atoms. The molecule has 0 saturated heterocycles. The summed E-state index contributed by atoms with van der Waals surface area (Å²) in [6, 6.07) is 0. The maximum absolute atomic E-state index is 8.71. The summed E-state index contributed by atoms with van der Waals surface area (Å²) < 4.78 is 0. The fraction of sp³-hybridized carbons (Fsp3) is 0.692. The molecule has 2 bridgehead atoms. The van der Waals surface area contributed by atoms with Crippen LogP contribution in [0.2, 0.25) is 0 Å². The molecule has 0 heterocycles. The lowest BCUT2D eigenvalue weighted by Gasteiger charge is -2.35. The van der Waals surface area contributed by atoms with Crippen molar-refractivity contribution in [3.63, 3.8) is 0 Å². The van der Waals surface area contributed by atoms with Gasteiger partial charge in [0.05, 0.1) is 0 Å². The molecule has 2 unspecified atom stereocenters. The van der Waals surface area contributed by atoms with Crippen LogP contribution in [-0.2, 0) is 0 Å². The molecule has 0 radical (unpaired) electrons. The quantitative estimate of drug-likeness (QED) is 0.581. The molecule has 2 rings (SSSR count). The molecule has 2 aliphatic carbocycles. The molecule has 14 heavy (non-hydrogen) atoms. The van der Waals surface area contributed by atoms with Crippen molar-refractivity contribution in [3.8, 4) is 11.8 Å². The van der Waals surface area contributed by atoms with Crippen molar-refractivity contribution in [3.05, 3.63) is 11.6 Å². The second kappa shape index (κ2) is 2.87. The Morgan fingerprint density at radius 3 is 2.64 bits per heavy atom. The van der Waals surface area contributed by atoms with Gasteiger partial charge >= 0.3 is 0 Å². The lowest BCUT2D eigenvalue weighted by Crippen LogP contribution is -2.29. The first-order valence-electron chi connectivity index (χ1n) is 5.34. The fourth-order valence-corrected chi connectivity index (χ4v) is 3.01. The Balaban J connectivity index is 2.37. The van der Waals surface area contributed by atoms with Crippen molar-refractivity contribution in [1.82, 2.24) is 0 Å². The van der Waals surface area contributed by atoms with Crippen molar-refractivity contribution in [1.29, 1.82) is 0 Å². The van der Waals surface area contributed by atoms with Gasteiger partial charge < -0.3 is 5.11 Å². The van der Waals surface area contributed by atoms with E-state index in [4.69, 9.17) is 5.11 Å². The van der Waals surface area contributed by atoms with Crippen LogP contribution in [0.1, 0.15) is 33.6 Å². The van der Waals surface area contributed by atoms with Gasteiger partial charge in [-0.1, -0.05) is 38.7 Å². The number of aliphatic hydroxyl groups excluding tert-OH is 1. The zero-order chi connectivity index (χ0) is 10.4. The van der Waals surface area contributed by atoms with E-state index in [1.165, 1.54) is 18.4 Å². The highest BCUT2D eigenvalue weighted by Gasteiger charge is 2.56. The van der Waals surface area contributed by atoms with Crippen LogP contribution >= 0.6 is 0 Å². The van der Waals surface area contributed by atoms with Gasteiger partial charge in [0.15, 0.2) is 0 Å². The van der Waals surface area contributed by atoms with E-state index in [1.807, 2.05) is 0 Å². The molecule has 0 amide bonds. The number of fused-ring (bicyclic) bond motifs is 2. The summed E-state index contributed by atoms with van der Waals surface area (Å²) in [5.41, 5.74) is 1.86. The Kier molecular flexibility index (Phi) is 2.01. The summed E-state index contributed by atoms with van der Waals surface area (Å²) in [6.07, 6.45) is 4.87. The van der Waals surface area contributed by atoms with E-state index < -0.39 is 0 Å². The van der Waals surface area contributed by atoms with Gasteiger partial charge in [-0.3, -0.25) is 0 Å². The first-order valence-corrected chi connectivity index (χ1v) is 5.34. The number of hydrogen-bond acceptors (Lipinski definition) is 1. The van der Waals surface area contributed by atoms with Crippen LogP contribution in [0.3, 0.4) is 0 Å². The number of aliphatic hydroxyl groups is 1. The maximum Gasteiger partial charge on any atom is 0.104 e. The first kappa shape index (κ1) is 9.80. The second-order valence-corrected chi connectivity index (χ2v) is 5.24. The van der Waals surface area contributed by atoms with E-state index in [-0.39, 0.29) is 12.0 Å². The standard InChI is InChI=1S/C13H18O/c1-12(2)10-6-7-13(12,3)11(9-10)5-4-8-14/h9-10,14H,6-8H2,1-3H3. The summed E-state index contributed by atoms with van der Waals surface area (Å²) in [7, 11) is 0. The molecule has 1 N–H and O–H groups in total. The van der Waals surface area contributed by atoms with Crippen LogP contribution in [0.4, 0.5) is 0 Å². The minimum absolute atomic E-state index is 0.0293. The van der Waals surface area contributed by atoms with E-state index in [0.717, 1.165) is 0 Å². The van der Waals surface area contributed by atoms with E-state index in [9.17, 15) is 0 Å². The summed E-state index contributed by atoms with van der Waals surface area (Å²) in [4.78, 5) is 0. The van der Waals surface area contributed by atoms with Crippen LogP contribution in [-0.4, -0.2) is 11.7 Å². The zero-order valence-corrected chi connectivity index (χ0v) is 9.22. The summed E-state index contributed by atoms with van der Waals surface area (Å²) in [6.45, 7) is 6.97. The Bertz CT molecular complexity index is 340. The molecule has 1 saturated carbocycles. The van der Waals surface area contributed by atoms with Crippen molar-refractivity contribution in [2.45, 2.75) is 33.6 Å². The second-order valence-electron chi connectivity index (χ2n) is 5.24. The van der Waals surface area contributed by atoms with Gasteiger partial charge in [-0.25, -0.2) is 0 Å². The number of hydrogen-bond donors (Lipinski definition) is 1. The SMILES string of the molecule is CC12CCC(C=C1C#CCO)C2(C)C. The number of allylic oxidation sites excluding steroid dienone is 2. The fourth-order valence-electron chi connectivity index (χ4n) is 3.01. The highest BCUT2D eigenvalue weighted by molar-refractivity contribution is 5.44. The predicted molar refractivity (Wildman–Crippen MR) is 57.6 cm³/mol. The Labute approximate surface area is 86.2 Å². The molecule has 76 valence electrons. The van der Waals surface area contributed by atoms with E-state index in [0.29, 0.717) is 11.3 Å². The maximum atomic E-state index is 8.71. The average Bonchev–Trinajstić information content (AvgIpc) is 2.46. The summed E-state index contributed by atoms with van der Waals surface area (Å²) in [5, 5.41) is 8.71. The Morgan fingerprint density at radius 2 is 2.21 bits per heavy atom. The predicted octanol–water partition coefficient (Wildman–Crippen LogP) is 2.36. The molecule has 0 aromatic carbocycles. The van der Waals surface area contributed by atoms with Crippen LogP contribution in [0.15, 0.2) is 11.6 Å². The number of rotatable bonds is 0. The van der Waals surface area contributed by atoms with Crippen LogP contribution in [0, 0.1) is 28.6 Å². The Morgan fingerprint density at radius 1 is 1.50 bits per heavy atom. The van der Waals surface area contributed by atoms with E-state index in [1.54, 1.807) is 0 Å². The molecule has 1 heteroatoms. The minimum atomic E-state index is -0.0293. The molecular weight excluding hydrogens is 172 g/mol. The van der Waals surface area contributed by atoms with Gasteiger partial charge in [0, 0.05) is 11.0 Å². The van der Waals surface area contributed by atoms with Crippen LogP contribution in [0.25, 0.3) is 0 Å². The monoisotopic (exact) mass is 190 g/mol. The first-order chi connectivity index (χ1) is 6.52. The highest BCUT2D eigenvalue weighted by atomic mass is 16.2. The van der Waals surface area contributed by atoms with Crippen LogP contribution < -0.4 is 0 Å². The van der Waals surface area contributed by atoms with Crippen molar-refractivity contribution < 1.29 is 5.11 Å². The lowest BCUT2D eigenvalue weighted by atomic mass is 9.67. The molecule has 0 aliphatic heterocycles. The topological polar surface area (TPSA) is 20.2 Å². The smallest absolute Gasteiger partial charge is 0.104 e. The van der Waals surface area contributed by atoms with Gasteiger partial charge in [-0.05, 0) is 24.2 Å². The Hall–Kier alpha value is -0.740. The third-order valence-electron chi connectivity index (χ3n) is 4.57. The van der Waals surface area contributed by atoms with Crippen molar-refractivity contribution in [2.24, 2.45) is 16.7 Å². The van der Waals surface area contributed by atoms with E-state index in [2.05, 4.69) is 38.7 Å². The zero-order valence-electron chi connectivity index (χ0n) is 9.22. The van der Waals surface area contributed by atoms with E-state index >= 15 is 0 Å². The highest BCUT2D eigenvalue weighted by Crippen LogP contribution is 2.64. The third-order valence-corrected chi connectivity index (χ3v) is 4.57. The molecule has 1 fully saturated rings. The van der Waals surface area contributed by atoms with Crippen LogP contribution in [0.5, 0.6) is 0 Å². The largest absolute Gasteiger partial charge is 0.384 e. The molecule has 2 aliphatic rings. The molecule has 0 aromatic heterocycles. The van der Waals surface area contributed by atoms with Gasteiger partial charge in [0.1, 0.15) is 6.61 Å².